The molecule has 3 aromatic rings. The van der Waals surface area contributed by atoms with Gasteiger partial charge in [-0.3, -0.25) is 14.4 Å². The van der Waals surface area contributed by atoms with Crippen LogP contribution in [0.4, 0.5) is 11.4 Å². The molecule has 0 radical (unpaired) electrons. The molecular formula is C28H28N4O6. The lowest BCUT2D eigenvalue weighted by atomic mass is 10.1. The van der Waals surface area contributed by atoms with Crippen molar-refractivity contribution in [3.8, 4) is 0 Å². The van der Waals surface area contributed by atoms with Gasteiger partial charge in [-0.1, -0.05) is 48.5 Å². The summed E-state index contributed by atoms with van der Waals surface area (Å²) in [7, 11) is 0. The van der Waals surface area contributed by atoms with Crippen molar-refractivity contribution >= 4 is 35.1 Å². The first-order valence-corrected chi connectivity index (χ1v) is 12.2. The number of nitrogens with zero attached hydrogens (tertiary/aromatic N) is 3. The maximum atomic E-state index is 10.9. The normalized spacial score (nSPS) is 12.9. The third-order valence-electron chi connectivity index (χ3n) is 6.07. The highest BCUT2D eigenvalue weighted by molar-refractivity contribution is 6.11. The Labute approximate surface area is 219 Å². The van der Waals surface area contributed by atoms with Gasteiger partial charge in [-0.05, 0) is 60.2 Å². The fourth-order valence-electron chi connectivity index (χ4n) is 3.98. The number of carboxylic acid groups (broad SMARTS) is 3. The largest absolute Gasteiger partial charge is 0.481 e. The molecule has 0 saturated carbocycles. The highest BCUT2D eigenvalue weighted by Gasteiger charge is 2.26. The van der Waals surface area contributed by atoms with Crippen molar-refractivity contribution in [3.05, 3.63) is 95.1 Å². The van der Waals surface area contributed by atoms with Gasteiger partial charge in [0.1, 0.15) is 0 Å². The standard InChI is InChI=1S/C28H28N4O6/c33-25(34)16-7-19-1-10-22(11-2-19)28-29-32(24-14-5-21(6-15-24)9-18-27(37)38)30-31(28)23-12-3-20(4-13-23)8-17-26(35)36/h1-6,10-15,30H,7-9,16-18H2,(H,33,34)(H,35,36)(H,37,38). The quantitative estimate of drug-likeness (QED) is 0.282. The van der Waals surface area contributed by atoms with Gasteiger partial charge in [0.05, 0.1) is 11.4 Å². The van der Waals surface area contributed by atoms with Gasteiger partial charge in [-0.25, -0.2) is 5.01 Å². The molecule has 10 heteroatoms. The summed E-state index contributed by atoms with van der Waals surface area (Å²) >= 11 is 0. The van der Waals surface area contributed by atoms with E-state index < -0.39 is 17.9 Å². The van der Waals surface area contributed by atoms with Crippen molar-refractivity contribution < 1.29 is 29.7 Å². The Kier molecular flexibility index (Phi) is 8.34. The molecule has 0 saturated heterocycles. The van der Waals surface area contributed by atoms with Crippen LogP contribution in [0, 0.1) is 0 Å². The number of benzene rings is 3. The highest BCUT2D eigenvalue weighted by Crippen LogP contribution is 2.25. The van der Waals surface area contributed by atoms with Crippen LogP contribution in [-0.2, 0) is 33.6 Å². The smallest absolute Gasteiger partial charge is 0.303 e. The first-order chi connectivity index (χ1) is 18.3. The Hall–Kier alpha value is -4.70. The molecule has 1 aliphatic rings. The number of nitrogens with one attached hydrogen (secondary N) is 1. The molecule has 38 heavy (non-hydrogen) atoms. The van der Waals surface area contributed by atoms with Crippen LogP contribution >= 0.6 is 0 Å². The number of anilines is 2. The minimum absolute atomic E-state index is 0.0540. The summed E-state index contributed by atoms with van der Waals surface area (Å²) in [5.74, 6) is -1.92. The fraction of sp³-hybridized carbons (Fsp3) is 0.214. The number of rotatable bonds is 12. The van der Waals surface area contributed by atoms with Crippen molar-refractivity contribution in [2.24, 2.45) is 5.10 Å². The summed E-state index contributed by atoms with van der Waals surface area (Å²) in [5.41, 5.74) is 8.34. The molecule has 0 spiro atoms. The number of carboxylic acids is 3. The maximum absolute atomic E-state index is 10.9. The fourth-order valence-corrected chi connectivity index (χ4v) is 3.98. The molecule has 4 rings (SSSR count). The zero-order chi connectivity index (χ0) is 27.1. The molecule has 0 aromatic heterocycles. The van der Waals surface area contributed by atoms with E-state index in [2.05, 4.69) is 5.53 Å². The van der Waals surface area contributed by atoms with Crippen molar-refractivity contribution in [1.82, 2.24) is 5.53 Å². The molecule has 0 fully saturated rings. The predicted octanol–water partition coefficient (Wildman–Crippen LogP) is 3.85. The zero-order valence-corrected chi connectivity index (χ0v) is 20.6. The van der Waals surface area contributed by atoms with Gasteiger partial charge in [0.25, 0.3) is 0 Å². The van der Waals surface area contributed by atoms with Crippen LogP contribution in [0.3, 0.4) is 0 Å². The number of aliphatic carboxylic acids is 3. The van der Waals surface area contributed by atoms with E-state index in [9.17, 15) is 14.4 Å². The average Bonchev–Trinajstić information content (AvgIpc) is 3.36. The zero-order valence-electron chi connectivity index (χ0n) is 20.6. The molecule has 0 unspecified atom stereocenters. The number of hydrogen-bond acceptors (Lipinski definition) is 7. The van der Waals surface area contributed by atoms with Gasteiger partial charge in [0.2, 0.25) is 0 Å². The molecule has 4 N–H and O–H groups in total. The highest BCUT2D eigenvalue weighted by atomic mass is 16.4. The second kappa shape index (κ2) is 12.0. The van der Waals surface area contributed by atoms with Crippen LogP contribution in [-0.4, -0.2) is 39.1 Å². The van der Waals surface area contributed by atoms with Gasteiger partial charge in [0.15, 0.2) is 5.84 Å². The minimum atomic E-state index is -0.846. The van der Waals surface area contributed by atoms with Crippen molar-refractivity contribution in [3.63, 3.8) is 0 Å². The van der Waals surface area contributed by atoms with Crippen molar-refractivity contribution in [2.75, 3.05) is 10.1 Å². The SMILES string of the molecule is O=C(O)CCc1ccc(C2=NN(c3ccc(CCC(=O)O)cc3)NN2c2ccc(CCC(=O)O)cc2)cc1. The lowest BCUT2D eigenvalue weighted by Gasteiger charge is -2.22. The van der Waals surface area contributed by atoms with Crippen LogP contribution in [0.15, 0.2) is 77.9 Å². The summed E-state index contributed by atoms with van der Waals surface area (Å²) in [6.07, 6.45) is 1.47. The second-order valence-corrected chi connectivity index (χ2v) is 8.88. The number of carbonyl (C=O) groups is 3. The third kappa shape index (κ3) is 6.95. The topological polar surface area (TPSA) is 143 Å². The van der Waals surface area contributed by atoms with Crippen molar-refractivity contribution in [2.45, 2.75) is 38.5 Å². The van der Waals surface area contributed by atoms with Gasteiger partial charge >= 0.3 is 17.9 Å². The Bertz CT molecular complexity index is 1320. The molecule has 10 nitrogen and oxygen atoms in total. The Morgan fingerprint density at radius 1 is 0.605 bits per heavy atom. The molecule has 1 heterocycles. The van der Waals surface area contributed by atoms with E-state index in [-0.39, 0.29) is 19.3 Å². The van der Waals surface area contributed by atoms with Crippen LogP contribution in [0.5, 0.6) is 0 Å². The lowest BCUT2D eigenvalue weighted by Crippen LogP contribution is -2.43. The summed E-state index contributed by atoms with van der Waals surface area (Å²) < 4.78 is 0. The molecular weight excluding hydrogens is 488 g/mol. The second-order valence-electron chi connectivity index (χ2n) is 8.88. The average molecular weight is 517 g/mol. The monoisotopic (exact) mass is 516 g/mol. The summed E-state index contributed by atoms with van der Waals surface area (Å²) in [6.45, 7) is 0. The Morgan fingerprint density at radius 3 is 1.42 bits per heavy atom. The molecule has 3 aromatic carbocycles. The molecule has 0 amide bonds. The predicted molar refractivity (Wildman–Crippen MR) is 142 cm³/mol. The lowest BCUT2D eigenvalue weighted by molar-refractivity contribution is -0.138. The third-order valence-corrected chi connectivity index (χ3v) is 6.07. The first-order valence-electron chi connectivity index (χ1n) is 12.2. The van der Waals surface area contributed by atoms with Gasteiger partial charge in [0, 0.05) is 24.8 Å². The number of hydrazone groups is 1. The molecule has 1 aliphatic heterocycles. The van der Waals surface area contributed by atoms with E-state index >= 15 is 0 Å². The minimum Gasteiger partial charge on any atom is -0.481 e. The van der Waals surface area contributed by atoms with Crippen LogP contribution in [0.2, 0.25) is 0 Å². The van der Waals surface area contributed by atoms with E-state index in [0.29, 0.717) is 25.1 Å². The Morgan fingerprint density at radius 2 is 1.00 bits per heavy atom. The van der Waals surface area contributed by atoms with Crippen molar-refractivity contribution in [1.29, 1.82) is 0 Å². The summed E-state index contributed by atoms with van der Waals surface area (Å²) in [5, 5.41) is 35.0. The van der Waals surface area contributed by atoms with E-state index in [1.165, 1.54) is 0 Å². The molecule has 0 aliphatic carbocycles. The summed E-state index contributed by atoms with van der Waals surface area (Å²) in [6, 6.07) is 22.5. The van der Waals surface area contributed by atoms with Gasteiger partial charge < -0.3 is 15.3 Å². The van der Waals surface area contributed by atoms with Crippen LogP contribution in [0.1, 0.15) is 41.5 Å². The summed E-state index contributed by atoms with van der Waals surface area (Å²) in [4.78, 5) is 32.7. The van der Waals surface area contributed by atoms with Crippen LogP contribution < -0.4 is 15.7 Å². The van der Waals surface area contributed by atoms with Gasteiger partial charge in [-0.15, -0.1) is 10.6 Å². The van der Waals surface area contributed by atoms with E-state index in [1.807, 2.05) is 77.8 Å². The number of hydrazine groups is 2. The van der Waals surface area contributed by atoms with E-state index in [1.54, 1.807) is 5.12 Å². The molecule has 0 bridgehead atoms. The van der Waals surface area contributed by atoms with E-state index in [0.717, 1.165) is 33.6 Å². The first kappa shape index (κ1) is 26.4. The van der Waals surface area contributed by atoms with Gasteiger partial charge in [-0.2, -0.15) is 5.12 Å². The van der Waals surface area contributed by atoms with Crippen LogP contribution in [0.25, 0.3) is 0 Å². The maximum Gasteiger partial charge on any atom is 0.303 e. The Balaban J connectivity index is 1.59. The number of amidine groups is 1. The van der Waals surface area contributed by atoms with E-state index in [4.69, 9.17) is 20.4 Å². The molecule has 0 atom stereocenters. The molecule has 196 valence electrons. The number of aryl methyl sites for hydroxylation is 3. The number of hydrogen-bond donors (Lipinski definition) is 4.